The molecule has 0 bridgehead atoms. The Balaban J connectivity index is 1.10. The van der Waals surface area contributed by atoms with Crippen LogP contribution in [0.2, 0.25) is 0 Å². The Hall–Kier alpha value is -6.52. The average molecular weight is 670 g/mol. The van der Waals surface area contributed by atoms with Gasteiger partial charge in [0.25, 0.3) is 5.56 Å². The lowest BCUT2D eigenvalue weighted by atomic mass is 9.62. The maximum atomic E-state index is 13.7. The van der Waals surface area contributed by atoms with Crippen LogP contribution in [-0.4, -0.2) is 9.55 Å². The molecule has 1 aromatic heterocycles. The predicted molar refractivity (Wildman–Crippen MR) is 211 cm³/mol. The van der Waals surface area contributed by atoms with E-state index in [4.69, 9.17) is 4.98 Å². The Kier molecular flexibility index (Phi) is 6.56. The van der Waals surface area contributed by atoms with Crippen molar-refractivity contribution in [1.82, 2.24) is 9.55 Å². The maximum absolute atomic E-state index is 13.7. The maximum Gasteiger partial charge on any atom is 0.266 e. The minimum atomic E-state index is -0.496. The van der Waals surface area contributed by atoms with E-state index in [1.54, 1.807) is 4.57 Å². The Morgan fingerprint density at radius 2 is 1.04 bits per heavy atom. The number of aromatic nitrogens is 2. The minimum absolute atomic E-state index is 0.0184. The summed E-state index contributed by atoms with van der Waals surface area (Å²) in [5.41, 5.74) is 12.4. The van der Waals surface area contributed by atoms with Crippen LogP contribution in [0.5, 0.6) is 0 Å². The highest BCUT2D eigenvalue weighted by Gasteiger charge is 2.46. The lowest BCUT2D eigenvalue weighted by molar-refractivity contribution is 0.610. The van der Waals surface area contributed by atoms with E-state index in [2.05, 4.69) is 170 Å². The van der Waals surface area contributed by atoms with Crippen LogP contribution in [0.3, 0.4) is 0 Å². The van der Waals surface area contributed by atoms with Gasteiger partial charge in [0, 0.05) is 5.69 Å². The highest BCUT2D eigenvalue weighted by atomic mass is 16.1. The van der Waals surface area contributed by atoms with E-state index in [9.17, 15) is 4.79 Å². The van der Waals surface area contributed by atoms with Crippen molar-refractivity contribution in [3.8, 4) is 16.8 Å². The van der Waals surface area contributed by atoms with Crippen LogP contribution in [0.25, 0.3) is 27.7 Å². The smallest absolute Gasteiger partial charge is 0.266 e. The molecule has 7 aromatic carbocycles. The molecule has 0 N–H and O–H groups in total. The summed E-state index contributed by atoms with van der Waals surface area (Å²) in [4.78, 5) is 21.1. The lowest BCUT2D eigenvalue weighted by Crippen LogP contribution is -2.37. The molecule has 0 amide bonds. The number of nitrogens with zero attached hydrogens (tertiary/aromatic N) is 3. The second kappa shape index (κ2) is 11.2. The minimum Gasteiger partial charge on any atom is -0.310 e. The van der Waals surface area contributed by atoms with Crippen LogP contribution < -0.4 is 10.5 Å². The zero-order chi connectivity index (χ0) is 35.0. The van der Waals surface area contributed by atoms with E-state index in [1.807, 2.05) is 24.3 Å². The molecule has 0 saturated carbocycles. The summed E-state index contributed by atoms with van der Waals surface area (Å²) in [6, 6.07) is 62.4. The van der Waals surface area contributed by atoms with E-state index in [0.717, 1.165) is 50.8 Å². The summed E-state index contributed by atoms with van der Waals surface area (Å²) in [6.45, 7) is 4.32. The van der Waals surface area contributed by atoms with Gasteiger partial charge in [0.1, 0.15) is 5.82 Å². The largest absolute Gasteiger partial charge is 0.310 e. The Labute approximate surface area is 302 Å². The Morgan fingerprint density at radius 1 is 0.500 bits per heavy atom. The molecule has 3 heterocycles. The SMILES string of the molecule is CC1(C)c2cc(-c3ccc(N4c5ccccc5C(c5ccccc5)(c5ccccc5)c5ccccc54)cc3)ccc2-n2c1nc1ccccc1c2=O. The zero-order valence-electron chi connectivity index (χ0n) is 29.0. The second-order valence-electron chi connectivity index (χ2n) is 14.3. The highest BCUT2D eigenvalue weighted by Crippen LogP contribution is 2.57. The molecule has 52 heavy (non-hydrogen) atoms. The molecule has 2 aliphatic rings. The van der Waals surface area contributed by atoms with Crippen molar-refractivity contribution in [2.45, 2.75) is 24.7 Å². The van der Waals surface area contributed by atoms with Crippen molar-refractivity contribution >= 4 is 28.0 Å². The van der Waals surface area contributed by atoms with Gasteiger partial charge in [-0.2, -0.15) is 0 Å². The van der Waals surface area contributed by atoms with Crippen LogP contribution in [-0.2, 0) is 10.8 Å². The lowest BCUT2D eigenvalue weighted by Gasteiger charge is -2.46. The average Bonchev–Trinajstić information content (AvgIpc) is 3.43. The number of fused-ring (bicyclic) bond motifs is 6. The molecular weight excluding hydrogens is 635 g/mol. The van der Waals surface area contributed by atoms with Gasteiger partial charge < -0.3 is 4.90 Å². The summed E-state index contributed by atoms with van der Waals surface area (Å²) in [7, 11) is 0. The number of benzene rings is 7. The standard InChI is InChI=1S/C48H35N3O/c1-47(2)40-31-33(27-30-44(40)51-45(52)37-19-9-12-22-41(37)49-46(47)51)32-25-28-36(29-26-32)50-42-23-13-10-20-38(42)48(34-15-5-3-6-16-34,35-17-7-4-8-18-35)39-21-11-14-24-43(39)50/h3-31H,1-2H3. The normalized spacial score (nSPS) is 14.7. The molecule has 10 rings (SSSR count). The van der Waals surface area contributed by atoms with Gasteiger partial charge in [-0.15, -0.1) is 0 Å². The number of para-hydroxylation sites is 3. The fourth-order valence-electron chi connectivity index (χ4n) is 8.80. The van der Waals surface area contributed by atoms with Crippen LogP contribution in [0, 0.1) is 0 Å². The van der Waals surface area contributed by atoms with Gasteiger partial charge >= 0.3 is 0 Å². The molecule has 0 saturated heterocycles. The first kappa shape index (κ1) is 30.3. The molecule has 0 aliphatic carbocycles. The van der Waals surface area contributed by atoms with Gasteiger partial charge in [0.15, 0.2) is 0 Å². The van der Waals surface area contributed by atoms with E-state index >= 15 is 0 Å². The van der Waals surface area contributed by atoms with Crippen molar-refractivity contribution < 1.29 is 0 Å². The highest BCUT2D eigenvalue weighted by molar-refractivity contribution is 5.90. The van der Waals surface area contributed by atoms with Gasteiger partial charge in [-0.05, 0) is 101 Å². The first-order valence-electron chi connectivity index (χ1n) is 17.9. The van der Waals surface area contributed by atoms with Crippen LogP contribution in [0.15, 0.2) is 181 Å². The number of hydrogen-bond donors (Lipinski definition) is 0. The summed E-state index contributed by atoms with van der Waals surface area (Å²) in [5.74, 6) is 0.781. The fraction of sp³-hybridized carbons (Fsp3) is 0.0833. The molecule has 0 atom stereocenters. The molecule has 0 fully saturated rings. The third-order valence-electron chi connectivity index (χ3n) is 11.2. The van der Waals surface area contributed by atoms with E-state index < -0.39 is 10.8 Å². The van der Waals surface area contributed by atoms with E-state index in [-0.39, 0.29) is 5.56 Å². The van der Waals surface area contributed by atoms with Crippen LogP contribution >= 0.6 is 0 Å². The summed E-state index contributed by atoms with van der Waals surface area (Å²) < 4.78 is 1.81. The number of rotatable bonds is 4. The van der Waals surface area contributed by atoms with Gasteiger partial charge in [0.2, 0.25) is 0 Å². The third-order valence-corrected chi connectivity index (χ3v) is 11.2. The molecule has 0 radical (unpaired) electrons. The quantitative estimate of drug-likeness (QED) is 0.187. The molecule has 4 heteroatoms. The number of hydrogen-bond acceptors (Lipinski definition) is 3. The molecule has 2 aliphatic heterocycles. The molecule has 4 nitrogen and oxygen atoms in total. The zero-order valence-corrected chi connectivity index (χ0v) is 29.0. The molecular formula is C48H35N3O. The van der Waals surface area contributed by atoms with Crippen molar-refractivity contribution in [2.24, 2.45) is 0 Å². The van der Waals surface area contributed by atoms with Crippen LogP contribution in [0.4, 0.5) is 17.1 Å². The van der Waals surface area contributed by atoms with Crippen molar-refractivity contribution in [2.75, 3.05) is 4.90 Å². The van der Waals surface area contributed by atoms with Crippen LogP contribution in [0.1, 0.15) is 47.5 Å². The summed E-state index contributed by atoms with van der Waals surface area (Å²) >= 11 is 0. The number of anilines is 3. The van der Waals surface area contributed by atoms with Gasteiger partial charge in [-0.1, -0.05) is 127 Å². The Morgan fingerprint density at radius 3 is 1.67 bits per heavy atom. The molecule has 0 unspecified atom stereocenters. The first-order chi connectivity index (χ1) is 25.5. The molecule has 248 valence electrons. The fourth-order valence-corrected chi connectivity index (χ4v) is 8.80. The van der Waals surface area contributed by atoms with Gasteiger partial charge in [-0.25, -0.2) is 4.98 Å². The van der Waals surface area contributed by atoms with Crippen molar-refractivity contribution in [1.29, 1.82) is 0 Å². The first-order valence-corrected chi connectivity index (χ1v) is 17.9. The summed E-state index contributed by atoms with van der Waals surface area (Å²) in [6.07, 6.45) is 0. The molecule has 0 spiro atoms. The Bertz CT molecular complexity index is 2640. The van der Waals surface area contributed by atoms with Crippen molar-refractivity contribution in [3.05, 3.63) is 220 Å². The predicted octanol–water partition coefficient (Wildman–Crippen LogP) is 10.9. The van der Waals surface area contributed by atoms with Gasteiger partial charge in [-0.3, -0.25) is 9.36 Å². The summed E-state index contributed by atoms with van der Waals surface area (Å²) in [5, 5.41) is 0.639. The molecule has 8 aromatic rings. The third kappa shape index (κ3) is 4.15. The van der Waals surface area contributed by atoms with Crippen molar-refractivity contribution in [3.63, 3.8) is 0 Å². The second-order valence-corrected chi connectivity index (χ2v) is 14.3. The van der Waals surface area contributed by atoms with Gasteiger partial charge in [0.05, 0.1) is 38.8 Å². The van der Waals surface area contributed by atoms with E-state index in [0.29, 0.717) is 5.39 Å². The monoisotopic (exact) mass is 669 g/mol. The van der Waals surface area contributed by atoms with E-state index in [1.165, 1.54) is 22.3 Å². The topological polar surface area (TPSA) is 38.1 Å².